The number of ether oxygens (including phenoxy) is 3. The maximum absolute atomic E-state index is 13.6. The van der Waals surface area contributed by atoms with Gasteiger partial charge in [-0.15, -0.1) is 0 Å². The number of carboxylic acid groups (broad SMARTS) is 1. The number of rotatable bonds is 14. The van der Waals surface area contributed by atoms with Crippen molar-refractivity contribution in [2.45, 2.75) is 127 Å². The molecular formula is C68H73ClN4O13. The van der Waals surface area contributed by atoms with E-state index in [1.54, 1.807) is 13.1 Å². The van der Waals surface area contributed by atoms with E-state index in [1.165, 1.54) is 32.2 Å². The molecule has 6 aromatic carbocycles. The van der Waals surface area contributed by atoms with Crippen LogP contribution in [0.15, 0.2) is 152 Å². The fourth-order valence-electron chi connectivity index (χ4n) is 12.5. The second-order valence-electron chi connectivity index (χ2n) is 23.0. The average molecular weight is 1190 g/mol. The molecule has 8 N–H and O–H groups in total. The van der Waals surface area contributed by atoms with E-state index in [0.29, 0.717) is 18.3 Å². The molecule has 0 radical (unpaired) electrons. The highest BCUT2D eigenvalue weighted by Gasteiger charge is 2.50. The van der Waals surface area contributed by atoms with Crippen LogP contribution in [0.1, 0.15) is 138 Å². The van der Waals surface area contributed by atoms with Gasteiger partial charge < -0.3 is 55.4 Å². The van der Waals surface area contributed by atoms with Crippen LogP contribution in [0.2, 0.25) is 5.02 Å². The number of amides is 1. The number of carboxylic acids is 1. The molecule has 11 rings (SSSR count). The molecule has 0 unspecified atom stereocenters. The van der Waals surface area contributed by atoms with E-state index >= 15 is 0 Å². The number of phenolic OH excluding ortho intramolecular Hbond substituents is 2. The number of aliphatic hydroxyl groups is 2. The summed E-state index contributed by atoms with van der Waals surface area (Å²) in [6.45, 7) is 7.24. The second kappa shape index (κ2) is 26.7. The van der Waals surface area contributed by atoms with Crippen molar-refractivity contribution in [3.05, 3.63) is 213 Å². The maximum Gasteiger partial charge on any atom is 0.326 e. The van der Waals surface area contributed by atoms with Gasteiger partial charge in [-0.25, -0.2) is 9.78 Å². The van der Waals surface area contributed by atoms with Gasteiger partial charge in [0.15, 0.2) is 17.9 Å². The molecule has 2 fully saturated rings. The fourth-order valence-corrected chi connectivity index (χ4v) is 12.8. The Morgan fingerprint density at radius 3 is 2.00 bits per heavy atom. The second-order valence-corrected chi connectivity index (χ2v) is 23.4. The van der Waals surface area contributed by atoms with E-state index in [4.69, 9.17) is 31.5 Å². The fraction of sp³-hybridized carbons (Fsp3) is 0.353. The number of hydrogen-bond acceptors (Lipinski definition) is 14. The molecule has 0 bridgehead atoms. The standard InChI is InChI=1S/C27H29NO10.C22H17ClN2.C19H27NO3/c1-10-22(30)14(28)7-17(37-10)38-16-9-27(35,11(2)29)8-13-19(16)26(34)21-20(24(13)32)23(31)12-5-4-6-15(36-3)18(12)25(21)33;23-21-14-8-7-13-20(21)22(25-16-15-24-17-25,18-9-3-1-4-10-18)19-11-5-2-6-12-19;1-13(2)15-8-10-16(11-9-15)18(21)20-17(19(22)23)12-14-6-4-3-5-7-14/h4-6,10,14,16-17,22,30,32,34-35H,7-9,28H2,1-3H3;1-17H;3-7,13,15-17H,8-12H2,1-2H3,(H,20,21)(H,22,23)/t10-,14-,16-,17-,22+,27-;;15?,16?,17-/m0.1/s1. The van der Waals surface area contributed by atoms with Gasteiger partial charge in [-0.3, -0.25) is 19.2 Å². The first kappa shape index (κ1) is 62.5. The average Bonchev–Trinajstić information content (AvgIpc) is 0.866. The Morgan fingerprint density at radius 1 is 0.837 bits per heavy atom. The lowest BCUT2D eigenvalue weighted by Gasteiger charge is -2.42. The van der Waals surface area contributed by atoms with Crippen LogP contribution >= 0.6 is 11.6 Å². The Hall–Kier alpha value is -8.03. The zero-order chi connectivity index (χ0) is 61.6. The molecule has 1 saturated heterocycles. The van der Waals surface area contributed by atoms with Gasteiger partial charge in [0.2, 0.25) is 11.7 Å². The first-order valence-electron chi connectivity index (χ1n) is 29.0. The molecular weight excluding hydrogens is 1120 g/mol. The number of Topliss-reactive ketones (excluding diaryl/α,β-unsaturated/α-hetero) is 1. The highest BCUT2D eigenvalue weighted by atomic mass is 35.5. The third kappa shape index (κ3) is 12.6. The molecule has 3 aliphatic carbocycles. The van der Waals surface area contributed by atoms with Crippen LogP contribution in [0.3, 0.4) is 0 Å². The Bertz CT molecular complexity index is 3510. The number of benzene rings is 6. The van der Waals surface area contributed by atoms with E-state index in [2.05, 4.69) is 83.3 Å². The highest BCUT2D eigenvalue weighted by molar-refractivity contribution is 6.32. The molecule has 1 amide bonds. The topological polar surface area (TPSA) is 270 Å². The lowest BCUT2D eigenvalue weighted by molar-refractivity contribution is -0.247. The lowest BCUT2D eigenvalue weighted by Crippen LogP contribution is -2.52. The van der Waals surface area contributed by atoms with Crippen LogP contribution in [0, 0.1) is 17.8 Å². The van der Waals surface area contributed by atoms with Gasteiger partial charge in [0.25, 0.3) is 0 Å². The Labute approximate surface area is 504 Å². The normalized spacial score (nSPS) is 22.7. The number of aliphatic carboxylic acids is 1. The minimum atomic E-state index is -2.00. The largest absolute Gasteiger partial charge is 0.507 e. The van der Waals surface area contributed by atoms with Crippen LogP contribution in [-0.2, 0) is 42.2 Å². The van der Waals surface area contributed by atoms with Gasteiger partial charge in [-0.2, -0.15) is 0 Å². The monoisotopic (exact) mass is 1190 g/mol. The quantitative estimate of drug-likeness (QED) is 0.0394. The molecule has 1 aliphatic heterocycles. The van der Waals surface area contributed by atoms with Crippen molar-refractivity contribution >= 4 is 40.8 Å². The first-order valence-corrected chi connectivity index (χ1v) is 29.3. The molecule has 86 heavy (non-hydrogen) atoms. The molecule has 17 nitrogen and oxygen atoms in total. The summed E-state index contributed by atoms with van der Waals surface area (Å²) in [5, 5.41) is 57.0. The van der Waals surface area contributed by atoms with Crippen LogP contribution in [0.4, 0.5) is 0 Å². The SMILES string of the molecule is CC(C)C1CCC(C(=O)N[C@H](Cc2ccccc2)C(=O)O)CC1.COc1cccc2c1C(=O)c1c(O)c3c(c(O)c1C2=O)C[C@@](O)(C(C)=O)C[C@@H]3O[C@H]1C[C@H](N)[C@H](O)[C@H](C)O1.Clc1ccccc1C(c1ccccc1)(c1ccccc1)n1ccnc1. The number of nitrogens with one attached hydrogen (secondary N) is 1. The zero-order valence-electron chi connectivity index (χ0n) is 48.6. The summed E-state index contributed by atoms with van der Waals surface area (Å²) >= 11 is 6.69. The van der Waals surface area contributed by atoms with Gasteiger partial charge in [0, 0.05) is 77.3 Å². The van der Waals surface area contributed by atoms with Crippen LogP contribution in [-0.4, -0.2) is 108 Å². The molecule has 450 valence electrons. The molecule has 18 heteroatoms. The number of aliphatic hydroxyl groups excluding tert-OH is 1. The van der Waals surface area contributed by atoms with E-state index in [-0.39, 0.29) is 52.7 Å². The molecule has 7 aromatic rings. The smallest absolute Gasteiger partial charge is 0.326 e. The number of phenols is 2. The van der Waals surface area contributed by atoms with Crippen LogP contribution < -0.4 is 15.8 Å². The van der Waals surface area contributed by atoms with Crippen molar-refractivity contribution < 1.29 is 63.7 Å². The lowest BCUT2D eigenvalue weighted by atomic mass is 9.72. The minimum Gasteiger partial charge on any atom is -0.507 e. The number of ketones is 3. The van der Waals surface area contributed by atoms with Crippen molar-refractivity contribution in [3.63, 3.8) is 0 Å². The van der Waals surface area contributed by atoms with Crippen LogP contribution in [0.5, 0.6) is 17.2 Å². The first-order chi connectivity index (χ1) is 41.2. The number of nitrogens with two attached hydrogens (primary N) is 1. The number of aromatic nitrogens is 2. The number of carbonyl (C=O) groups is 5. The van der Waals surface area contributed by atoms with Crippen molar-refractivity contribution in [3.8, 4) is 17.2 Å². The number of methoxy groups -OCH3 is 1. The molecule has 1 aromatic heterocycles. The minimum absolute atomic E-state index is 0.0147. The molecule has 4 aliphatic rings. The number of imidazole rings is 1. The highest BCUT2D eigenvalue weighted by Crippen LogP contribution is 2.53. The summed E-state index contributed by atoms with van der Waals surface area (Å²) in [6, 6.07) is 41.1. The third-order valence-corrected chi connectivity index (χ3v) is 17.6. The Morgan fingerprint density at radius 2 is 1.44 bits per heavy atom. The van der Waals surface area contributed by atoms with Gasteiger partial charge in [-0.1, -0.05) is 147 Å². The van der Waals surface area contributed by atoms with E-state index in [1.807, 2.05) is 73.2 Å². The summed E-state index contributed by atoms with van der Waals surface area (Å²) in [7, 11) is 1.34. The van der Waals surface area contributed by atoms with E-state index in [9.17, 15) is 49.5 Å². The predicted octanol–water partition coefficient (Wildman–Crippen LogP) is 9.67. The van der Waals surface area contributed by atoms with Gasteiger partial charge in [0.05, 0.1) is 48.4 Å². The van der Waals surface area contributed by atoms with Crippen LogP contribution in [0.25, 0.3) is 0 Å². The zero-order valence-corrected chi connectivity index (χ0v) is 49.4. The van der Waals surface area contributed by atoms with Crippen molar-refractivity contribution in [2.24, 2.45) is 23.5 Å². The van der Waals surface area contributed by atoms with E-state index < -0.39 is 100 Å². The third-order valence-electron chi connectivity index (χ3n) is 17.3. The molecule has 1 saturated carbocycles. The number of halogens is 1. The van der Waals surface area contributed by atoms with Gasteiger partial charge >= 0.3 is 5.97 Å². The molecule has 0 spiro atoms. The summed E-state index contributed by atoms with van der Waals surface area (Å²) in [6.07, 6.45) is 5.29. The summed E-state index contributed by atoms with van der Waals surface area (Å²) in [5.74, 6) is -2.94. The molecule has 7 atom stereocenters. The maximum atomic E-state index is 13.6. The number of aromatic hydroxyl groups is 2. The van der Waals surface area contributed by atoms with Crippen molar-refractivity contribution in [1.82, 2.24) is 14.9 Å². The number of nitrogens with zero attached hydrogens (tertiary/aromatic N) is 2. The summed E-state index contributed by atoms with van der Waals surface area (Å²) < 4.78 is 19.2. The predicted molar refractivity (Wildman–Crippen MR) is 322 cm³/mol. The van der Waals surface area contributed by atoms with Crippen molar-refractivity contribution in [2.75, 3.05) is 7.11 Å². The Balaban J connectivity index is 0.000000161. The van der Waals surface area contributed by atoms with Gasteiger partial charge in [-0.05, 0) is 80.2 Å². The Kier molecular flexibility index (Phi) is 19.4. The number of hydrogen-bond donors (Lipinski definition) is 7. The van der Waals surface area contributed by atoms with E-state index in [0.717, 1.165) is 53.0 Å². The number of carbonyl (C=O) groups excluding carboxylic acids is 4. The van der Waals surface area contributed by atoms with Crippen molar-refractivity contribution in [1.29, 1.82) is 0 Å². The van der Waals surface area contributed by atoms with Gasteiger partial charge in [0.1, 0.15) is 34.4 Å². The summed E-state index contributed by atoms with van der Waals surface area (Å²) in [4.78, 5) is 67.8. The number of fused-ring (bicyclic) bond motifs is 3. The summed E-state index contributed by atoms with van der Waals surface area (Å²) in [5.41, 5.74) is 6.59. The molecule has 2 heterocycles.